The number of aromatic hydroxyl groups is 1. The molecule has 1 aromatic rings. The number of nitrogens with zero attached hydrogens (tertiary/aromatic N) is 1. The summed E-state index contributed by atoms with van der Waals surface area (Å²) in [5, 5.41) is 32.1. The molecular weight excluding hydrogens is 376 g/mol. The Balaban J connectivity index is 1.87. The van der Waals surface area contributed by atoms with Gasteiger partial charge in [0.25, 0.3) is 5.91 Å². The van der Waals surface area contributed by atoms with Gasteiger partial charge in [-0.2, -0.15) is 0 Å². The molecule has 0 spiro atoms. The van der Waals surface area contributed by atoms with E-state index >= 15 is 0 Å². The number of ketones is 2. The van der Waals surface area contributed by atoms with E-state index in [0.717, 1.165) is 0 Å². The number of aliphatic hydroxyl groups is 2. The standard InChI is InChI=1S/C21H22N2O6/c1-23(2)11-4-3-8-5-9-6-10-7-12(24)16(21(22)29)20(28)15(10)19(27)14(9)18(26)13(8)17(11)25/h3-4,9-10,15,25-26,28H,5-7H2,1-2H3,(H2,22,29). The second kappa shape index (κ2) is 6.37. The molecule has 0 radical (unpaired) electrons. The van der Waals surface area contributed by atoms with Crippen molar-refractivity contribution in [1.82, 2.24) is 0 Å². The Morgan fingerprint density at radius 2 is 1.83 bits per heavy atom. The van der Waals surface area contributed by atoms with E-state index in [1.165, 1.54) is 0 Å². The molecule has 8 nitrogen and oxygen atoms in total. The lowest BCUT2D eigenvalue weighted by Gasteiger charge is -2.41. The third kappa shape index (κ3) is 2.62. The number of hydrogen-bond acceptors (Lipinski definition) is 7. The van der Waals surface area contributed by atoms with Gasteiger partial charge in [-0.05, 0) is 36.3 Å². The number of fused-ring (bicyclic) bond motifs is 3. The van der Waals surface area contributed by atoms with Crippen LogP contribution < -0.4 is 10.6 Å². The summed E-state index contributed by atoms with van der Waals surface area (Å²) < 4.78 is 0. The molecule has 0 aliphatic heterocycles. The molecule has 5 N–H and O–H groups in total. The molecule has 0 aromatic heterocycles. The number of rotatable bonds is 2. The largest absolute Gasteiger partial charge is 0.511 e. The maximum atomic E-state index is 13.3. The summed E-state index contributed by atoms with van der Waals surface area (Å²) in [6, 6.07) is 3.56. The molecular formula is C21H22N2O6. The van der Waals surface area contributed by atoms with Gasteiger partial charge in [-0.1, -0.05) is 6.07 Å². The highest BCUT2D eigenvalue weighted by Gasteiger charge is 2.50. The zero-order valence-electron chi connectivity index (χ0n) is 16.1. The fourth-order valence-electron chi connectivity index (χ4n) is 4.97. The number of Topliss-reactive ketones (excluding diaryl/α,β-unsaturated/α-hetero) is 2. The van der Waals surface area contributed by atoms with Crippen LogP contribution >= 0.6 is 0 Å². The van der Waals surface area contributed by atoms with E-state index < -0.39 is 40.6 Å². The number of primary amides is 1. The van der Waals surface area contributed by atoms with Crippen molar-refractivity contribution >= 4 is 28.9 Å². The van der Waals surface area contributed by atoms with Crippen molar-refractivity contribution in [2.75, 3.05) is 19.0 Å². The first-order valence-corrected chi connectivity index (χ1v) is 9.39. The third-order valence-electron chi connectivity index (χ3n) is 6.22. The highest BCUT2D eigenvalue weighted by Crippen LogP contribution is 2.51. The Kier molecular flexibility index (Phi) is 4.18. The molecule has 3 aliphatic rings. The van der Waals surface area contributed by atoms with Crippen molar-refractivity contribution in [3.05, 3.63) is 40.2 Å². The molecule has 4 rings (SSSR count). The van der Waals surface area contributed by atoms with Gasteiger partial charge in [0.1, 0.15) is 22.8 Å². The van der Waals surface area contributed by atoms with Gasteiger partial charge in [-0.15, -0.1) is 0 Å². The van der Waals surface area contributed by atoms with E-state index in [-0.39, 0.29) is 35.0 Å². The lowest BCUT2D eigenvalue weighted by Crippen LogP contribution is -2.44. The second-order valence-corrected chi connectivity index (χ2v) is 8.11. The molecule has 1 saturated carbocycles. The molecule has 3 aliphatic carbocycles. The molecule has 3 atom stereocenters. The van der Waals surface area contributed by atoms with Crippen LogP contribution in [0.4, 0.5) is 5.69 Å². The lowest BCUT2D eigenvalue weighted by atomic mass is 9.61. The molecule has 1 aromatic carbocycles. The summed E-state index contributed by atoms with van der Waals surface area (Å²) in [6.07, 6.45) is 0.764. The molecule has 0 bridgehead atoms. The van der Waals surface area contributed by atoms with E-state index in [4.69, 9.17) is 5.73 Å². The van der Waals surface area contributed by atoms with Gasteiger partial charge in [-0.3, -0.25) is 14.4 Å². The van der Waals surface area contributed by atoms with E-state index in [9.17, 15) is 29.7 Å². The van der Waals surface area contributed by atoms with Crippen molar-refractivity contribution in [1.29, 1.82) is 0 Å². The predicted molar refractivity (Wildman–Crippen MR) is 104 cm³/mol. The summed E-state index contributed by atoms with van der Waals surface area (Å²) >= 11 is 0. The minimum absolute atomic E-state index is 0.0546. The van der Waals surface area contributed by atoms with Crippen LogP contribution in [0.3, 0.4) is 0 Å². The predicted octanol–water partition coefficient (Wildman–Crippen LogP) is 1.37. The molecule has 0 saturated heterocycles. The molecule has 1 fully saturated rings. The number of benzene rings is 1. The zero-order valence-corrected chi connectivity index (χ0v) is 16.1. The summed E-state index contributed by atoms with van der Waals surface area (Å²) in [6.45, 7) is 0. The Labute approximate surface area is 166 Å². The van der Waals surface area contributed by atoms with Crippen LogP contribution in [-0.4, -0.2) is 46.9 Å². The van der Waals surface area contributed by atoms with Crippen LogP contribution in [0.15, 0.2) is 29.0 Å². The van der Waals surface area contributed by atoms with Crippen LogP contribution in [0.5, 0.6) is 5.75 Å². The molecule has 1 amide bonds. The van der Waals surface area contributed by atoms with Gasteiger partial charge in [0, 0.05) is 26.1 Å². The Hall–Kier alpha value is -3.29. The highest BCUT2D eigenvalue weighted by atomic mass is 16.3. The highest BCUT2D eigenvalue weighted by molar-refractivity contribution is 6.21. The number of nitrogens with two attached hydrogens (primary N) is 1. The van der Waals surface area contributed by atoms with Crippen LogP contribution in [0.1, 0.15) is 24.0 Å². The van der Waals surface area contributed by atoms with Crippen molar-refractivity contribution < 1.29 is 29.7 Å². The number of hydrogen-bond donors (Lipinski definition) is 4. The van der Waals surface area contributed by atoms with Gasteiger partial charge in [-0.25, -0.2) is 0 Å². The topological polar surface area (TPSA) is 141 Å². The van der Waals surface area contributed by atoms with Crippen molar-refractivity contribution in [2.45, 2.75) is 19.3 Å². The fourth-order valence-corrected chi connectivity index (χ4v) is 4.97. The normalized spacial score (nSPS) is 26.1. The number of phenols is 1. The summed E-state index contributed by atoms with van der Waals surface area (Å²) in [5.74, 6) is -5.11. The Morgan fingerprint density at radius 1 is 1.14 bits per heavy atom. The monoisotopic (exact) mass is 398 g/mol. The van der Waals surface area contributed by atoms with Gasteiger partial charge in [0.15, 0.2) is 11.6 Å². The first kappa shape index (κ1) is 19.0. The van der Waals surface area contributed by atoms with Crippen LogP contribution in [0, 0.1) is 17.8 Å². The third-order valence-corrected chi connectivity index (χ3v) is 6.22. The number of carbonyl (C=O) groups is 3. The first-order chi connectivity index (χ1) is 13.6. The van der Waals surface area contributed by atoms with Crippen molar-refractivity contribution in [2.24, 2.45) is 23.5 Å². The summed E-state index contributed by atoms with van der Waals surface area (Å²) in [7, 11) is 3.50. The van der Waals surface area contributed by atoms with Crippen LogP contribution in [0.25, 0.3) is 5.76 Å². The molecule has 8 heteroatoms. The number of allylic oxidation sites excluding steroid dienone is 2. The minimum atomic E-state index is -1.09. The number of amides is 1. The average Bonchev–Trinajstić information content (AvgIpc) is 2.60. The fraction of sp³-hybridized carbons (Fsp3) is 0.381. The minimum Gasteiger partial charge on any atom is -0.511 e. The molecule has 3 unspecified atom stereocenters. The summed E-state index contributed by atoms with van der Waals surface area (Å²) in [4.78, 5) is 38.8. The molecule has 29 heavy (non-hydrogen) atoms. The molecule has 152 valence electrons. The van der Waals surface area contributed by atoms with E-state index in [1.54, 1.807) is 25.1 Å². The number of anilines is 1. The van der Waals surface area contributed by atoms with Crippen LogP contribution in [0.2, 0.25) is 0 Å². The lowest BCUT2D eigenvalue weighted by molar-refractivity contribution is -0.127. The quantitative estimate of drug-likeness (QED) is 0.551. The van der Waals surface area contributed by atoms with Crippen molar-refractivity contribution in [3.8, 4) is 5.75 Å². The van der Waals surface area contributed by atoms with Crippen LogP contribution in [-0.2, 0) is 20.8 Å². The van der Waals surface area contributed by atoms with E-state index in [0.29, 0.717) is 24.1 Å². The number of aliphatic hydroxyl groups excluding tert-OH is 2. The number of carbonyl (C=O) groups excluding carboxylic acids is 3. The smallest absolute Gasteiger partial charge is 0.255 e. The Morgan fingerprint density at radius 3 is 2.45 bits per heavy atom. The van der Waals surface area contributed by atoms with Gasteiger partial charge in [0.05, 0.1) is 17.2 Å². The van der Waals surface area contributed by atoms with Gasteiger partial charge < -0.3 is 26.0 Å². The maximum absolute atomic E-state index is 13.3. The zero-order chi connectivity index (χ0) is 21.2. The summed E-state index contributed by atoms with van der Waals surface area (Å²) in [5.41, 5.74) is 6.22. The van der Waals surface area contributed by atoms with E-state index in [1.807, 2.05) is 6.07 Å². The van der Waals surface area contributed by atoms with E-state index in [2.05, 4.69) is 0 Å². The van der Waals surface area contributed by atoms with Crippen molar-refractivity contribution in [3.63, 3.8) is 0 Å². The van der Waals surface area contributed by atoms with Gasteiger partial charge in [0.2, 0.25) is 0 Å². The molecule has 0 heterocycles. The maximum Gasteiger partial charge on any atom is 0.255 e. The Bertz CT molecular complexity index is 1040. The first-order valence-electron chi connectivity index (χ1n) is 9.39. The second-order valence-electron chi connectivity index (χ2n) is 8.11. The number of phenolic OH excluding ortho intramolecular Hbond substituents is 1. The SMILES string of the molecule is CN(C)c1ccc2c(c1O)C(O)=C1C(=O)C3C(O)=C(C(N)=O)C(=O)CC3CC1C2. The average molecular weight is 398 g/mol. The van der Waals surface area contributed by atoms with Gasteiger partial charge >= 0.3 is 0 Å².